The maximum absolute atomic E-state index is 12.4. The Morgan fingerprint density at radius 3 is 2.40 bits per heavy atom. The zero-order valence-electron chi connectivity index (χ0n) is 12.0. The Balaban J connectivity index is 2.17. The van der Waals surface area contributed by atoms with Gasteiger partial charge in [0.1, 0.15) is 0 Å². The predicted octanol–water partition coefficient (Wildman–Crippen LogP) is 2.53. The van der Waals surface area contributed by atoms with Crippen molar-refractivity contribution < 1.29 is 4.79 Å². The molecule has 1 heterocycles. The molecule has 0 bridgehead atoms. The summed E-state index contributed by atoms with van der Waals surface area (Å²) < 4.78 is 0. The molecule has 0 radical (unpaired) electrons. The van der Waals surface area contributed by atoms with E-state index in [1.54, 1.807) is 0 Å². The van der Waals surface area contributed by atoms with Crippen LogP contribution in [0, 0.1) is 0 Å². The quantitative estimate of drug-likeness (QED) is 0.812. The van der Waals surface area contributed by atoms with E-state index in [1.165, 1.54) is 11.0 Å². The van der Waals surface area contributed by atoms with E-state index >= 15 is 0 Å². The first-order valence-corrected chi connectivity index (χ1v) is 7.03. The fraction of sp³-hybridized carbons (Fsp3) is 0.400. The second-order valence-electron chi connectivity index (χ2n) is 4.65. The number of benzene rings is 1. The summed E-state index contributed by atoms with van der Waals surface area (Å²) in [4.78, 5) is 15.7. The van der Waals surface area contributed by atoms with Crippen molar-refractivity contribution in [2.24, 2.45) is 0 Å². The highest BCUT2D eigenvalue weighted by Crippen LogP contribution is 2.07. The van der Waals surface area contributed by atoms with E-state index in [9.17, 15) is 4.79 Å². The first-order valence-electron chi connectivity index (χ1n) is 7.03. The van der Waals surface area contributed by atoms with Crippen LogP contribution in [0.2, 0.25) is 0 Å². The maximum atomic E-state index is 12.4. The molecule has 0 aliphatic rings. The van der Waals surface area contributed by atoms with Crippen molar-refractivity contribution in [3.63, 3.8) is 0 Å². The summed E-state index contributed by atoms with van der Waals surface area (Å²) in [7, 11) is 0. The number of amides is 1. The molecule has 0 aliphatic carbocycles. The molecule has 0 N–H and O–H groups in total. The van der Waals surface area contributed by atoms with Gasteiger partial charge in [-0.1, -0.05) is 32.0 Å². The van der Waals surface area contributed by atoms with Gasteiger partial charge < -0.3 is 4.90 Å². The first kappa shape index (κ1) is 14.2. The molecule has 5 heteroatoms. The molecular formula is C15H20N4O. The standard InChI is InChI=1S/C15H20N4O/c1-3-10-18(11-4-2)15(20)14-12-16-19(17-14)13-8-6-5-7-9-13/h5-9,12H,3-4,10-11H2,1-2H3. The van der Waals surface area contributed by atoms with Gasteiger partial charge in [-0.25, -0.2) is 0 Å². The Labute approximate surface area is 119 Å². The van der Waals surface area contributed by atoms with Gasteiger partial charge in [-0.3, -0.25) is 4.79 Å². The van der Waals surface area contributed by atoms with Crippen LogP contribution in [0.25, 0.3) is 5.69 Å². The maximum Gasteiger partial charge on any atom is 0.276 e. The first-order chi connectivity index (χ1) is 9.76. The van der Waals surface area contributed by atoms with E-state index < -0.39 is 0 Å². The molecule has 5 nitrogen and oxygen atoms in total. The third kappa shape index (κ3) is 3.23. The molecule has 0 fully saturated rings. The summed E-state index contributed by atoms with van der Waals surface area (Å²) in [6.45, 7) is 5.64. The Hall–Kier alpha value is -2.17. The van der Waals surface area contributed by atoms with Crippen molar-refractivity contribution in [1.29, 1.82) is 0 Å². The molecule has 0 spiro atoms. The van der Waals surface area contributed by atoms with Gasteiger partial charge in [-0.15, -0.1) is 5.10 Å². The van der Waals surface area contributed by atoms with Crippen LogP contribution in [0.15, 0.2) is 36.5 Å². The van der Waals surface area contributed by atoms with Crippen LogP contribution >= 0.6 is 0 Å². The van der Waals surface area contributed by atoms with Gasteiger partial charge in [-0.2, -0.15) is 9.90 Å². The van der Waals surface area contributed by atoms with E-state index in [-0.39, 0.29) is 5.91 Å². The molecule has 0 aliphatic heterocycles. The van der Waals surface area contributed by atoms with Crippen molar-refractivity contribution in [2.75, 3.05) is 13.1 Å². The lowest BCUT2D eigenvalue weighted by molar-refractivity contribution is 0.0749. The highest BCUT2D eigenvalue weighted by Gasteiger charge is 2.17. The molecule has 2 rings (SSSR count). The van der Waals surface area contributed by atoms with Gasteiger partial charge in [0.05, 0.1) is 11.9 Å². The average molecular weight is 272 g/mol. The van der Waals surface area contributed by atoms with Crippen LogP contribution in [0.5, 0.6) is 0 Å². The number of carbonyl (C=O) groups is 1. The fourth-order valence-corrected chi connectivity index (χ4v) is 2.06. The number of carbonyl (C=O) groups excluding carboxylic acids is 1. The molecule has 1 aromatic heterocycles. The number of hydrogen-bond acceptors (Lipinski definition) is 3. The van der Waals surface area contributed by atoms with E-state index in [2.05, 4.69) is 24.0 Å². The molecule has 1 amide bonds. The van der Waals surface area contributed by atoms with Gasteiger partial charge in [-0.05, 0) is 25.0 Å². The zero-order chi connectivity index (χ0) is 14.4. The fourth-order valence-electron chi connectivity index (χ4n) is 2.06. The molecular weight excluding hydrogens is 252 g/mol. The van der Waals surface area contributed by atoms with Gasteiger partial charge in [0.25, 0.3) is 5.91 Å². The lowest BCUT2D eigenvalue weighted by Gasteiger charge is -2.19. The van der Waals surface area contributed by atoms with Crippen LogP contribution in [0.3, 0.4) is 0 Å². The molecule has 106 valence electrons. The summed E-state index contributed by atoms with van der Waals surface area (Å²) in [5, 5.41) is 8.45. The van der Waals surface area contributed by atoms with Crippen LogP contribution < -0.4 is 0 Å². The van der Waals surface area contributed by atoms with Gasteiger partial charge >= 0.3 is 0 Å². The Morgan fingerprint density at radius 2 is 1.80 bits per heavy atom. The molecule has 20 heavy (non-hydrogen) atoms. The lowest BCUT2D eigenvalue weighted by Crippen LogP contribution is -2.32. The Bertz CT molecular complexity index is 544. The largest absolute Gasteiger partial charge is 0.337 e. The molecule has 0 atom stereocenters. The number of hydrogen-bond donors (Lipinski definition) is 0. The van der Waals surface area contributed by atoms with E-state index in [1.807, 2.05) is 35.2 Å². The topological polar surface area (TPSA) is 51.0 Å². The second-order valence-corrected chi connectivity index (χ2v) is 4.65. The molecule has 1 aromatic carbocycles. The number of para-hydroxylation sites is 1. The van der Waals surface area contributed by atoms with Crippen molar-refractivity contribution >= 4 is 5.91 Å². The Kier molecular flexibility index (Phi) is 4.87. The molecule has 0 saturated carbocycles. The summed E-state index contributed by atoms with van der Waals surface area (Å²) in [6, 6.07) is 9.58. The molecule has 0 saturated heterocycles. The number of nitrogens with zero attached hydrogens (tertiary/aromatic N) is 4. The van der Waals surface area contributed by atoms with Crippen molar-refractivity contribution in [2.45, 2.75) is 26.7 Å². The number of aromatic nitrogens is 3. The SMILES string of the molecule is CCCN(CCC)C(=O)c1cnn(-c2ccccc2)n1. The summed E-state index contributed by atoms with van der Waals surface area (Å²) in [5.74, 6) is -0.0455. The normalized spacial score (nSPS) is 10.5. The molecule has 0 unspecified atom stereocenters. The van der Waals surface area contributed by atoms with Crippen LogP contribution in [0.4, 0.5) is 0 Å². The zero-order valence-corrected chi connectivity index (χ0v) is 12.0. The lowest BCUT2D eigenvalue weighted by atomic mass is 10.3. The third-order valence-corrected chi connectivity index (χ3v) is 2.97. The third-order valence-electron chi connectivity index (χ3n) is 2.97. The molecule has 2 aromatic rings. The minimum Gasteiger partial charge on any atom is -0.337 e. The van der Waals surface area contributed by atoms with Gasteiger partial charge in [0.2, 0.25) is 0 Å². The van der Waals surface area contributed by atoms with Crippen molar-refractivity contribution in [3.8, 4) is 5.69 Å². The van der Waals surface area contributed by atoms with Crippen molar-refractivity contribution in [1.82, 2.24) is 19.9 Å². The Morgan fingerprint density at radius 1 is 1.15 bits per heavy atom. The highest BCUT2D eigenvalue weighted by molar-refractivity contribution is 5.91. The summed E-state index contributed by atoms with van der Waals surface area (Å²) in [6.07, 6.45) is 3.42. The van der Waals surface area contributed by atoms with Crippen molar-refractivity contribution in [3.05, 3.63) is 42.2 Å². The van der Waals surface area contributed by atoms with E-state index in [0.29, 0.717) is 5.69 Å². The van der Waals surface area contributed by atoms with Crippen LogP contribution in [-0.2, 0) is 0 Å². The highest BCUT2D eigenvalue weighted by atomic mass is 16.2. The van der Waals surface area contributed by atoms with Crippen LogP contribution in [0.1, 0.15) is 37.2 Å². The smallest absolute Gasteiger partial charge is 0.276 e. The predicted molar refractivity (Wildman–Crippen MR) is 77.8 cm³/mol. The summed E-state index contributed by atoms with van der Waals surface area (Å²) >= 11 is 0. The minimum atomic E-state index is -0.0455. The van der Waals surface area contributed by atoms with Gasteiger partial charge in [0, 0.05) is 13.1 Å². The van der Waals surface area contributed by atoms with E-state index in [0.717, 1.165) is 31.6 Å². The number of rotatable bonds is 6. The average Bonchev–Trinajstić information content (AvgIpc) is 2.97. The van der Waals surface area contributed by atoms with Crippen LogP contribution in [-0.4, -0.2) is 38.9 Å². The van der Waals surface area contributed by atoms with Gasteiger partial charge in [0.15, 0.2) is 5.69 Å². The second kappa shape index (κ2) is 6.84. The minimum absolute atomic E-state index is 0.0455. The monoisotopic (exact) mass is 272 g/mol. The van der Waals surface area contributed by atoms with E-state index in [4.69, 9.17) is 0 Å². The summed E-state index contributed by atoms with van der Waals surface area (Å²) in [5.41, 5.74) is 1.25.